The van der Waals surface area contributed by atoms with Crippen molar-refractivity contribution in [2.24, 2.45) is 0 Å². The van der Waals surface area contributed by atoms with Crippen molar-refractivity contribution in [1.82, 2.24) is 24.4 Å². The SMILES string of the molecule is CN(C)C1CCN(c2ccc(Nc3ncc4ccn(Cc5cccnc5N(C)S(C)(=O)=O)c4n3)cc2)CC1. The number of fused-ring (bicyclic) bond motifs is 1. The van der Waals surface area contributed by atoms with E-state index in [1.54, 1.807) is 18.5 Å². The summed E-state index contributed by atoms with van der Waals surface area (Å²) < 4.78 is 27.4. The van der Waals surface area contributed by atoms with E-state index in [4.69, 9.17) is 4.98 Å². The molecule has 5 rings (SSSR count). The van der Waals surface area contributed by atoms with Gasteiger partial charge in [-0.1, -0.05) is 6.07 Å². The highest BCUT2D eigenvalue weighted by Crippen LogP contribution is 2.26. The van der Waals surface area contributed by atoms with Crippen LogP contribution in [0.1, 0.15) is 18.4 Å². The molecule has 3 aromatic heterocycles. The monoisotopic (exact) mass is 534 g/mol. The van der Waals surface area contributed by atoms with E-state index in [2.05, 4.69) is 63.4 Å². The normalized spacial score (nSPS) is 14.8. The third-order valence-electron chi connectivity index (χ3n) is 7.19. The first-order valence-corrected chi connectivity index (χ1v) is 14.5. The first-order chi connectivity index (χ1) is 18.2. The highest BCUT2D eigenvalue weighted by molar-refractivity contribution is 7.92. The first kappa shape index (κ1) is 25.9. The van der Waals surface area contributed by atoms with Gasteiger partial charge < -0.3 is 19.7 Å². The molecule has 1 saturated heterocycles. The van der Waals surface area contributed by atoms with Crippen molar-refractivity contribution < 1.29 is 8.42 Å². The minimum absolute atomic E-state index is 0.398. The van der Waals surface area contributed by atoms with Crippen molar-refractivity contribution in [2.45, 2.75) is 25.4 Å². The lowest BCUT2D eigenvalue weighted by Gasteiger charge is -2.36. The molecule has 1 aliphatic heterocycles. The van der Waals surface area contributed by atoms with Crippen LogP contribution >= 0.6 is 0 Å². The number of sulfonamides is 1. The summed E-state index contributed by atoms with van der Waals surface area (Å²) in [5.74, 6) is 0.895. The van der Waals surface area contributed by atoms with E-state index in [0.717, 1.165) is 35.4 Å². The van der Waals surface area contributed by atoms with Crippen LogP contribution in [0.25, 0.3) is 11.0 Å². The number of pyridine rings is 1. The van der Waals surface area contributed by atoms with E-state index in [9.17, 15) is 8.42 Å². The molecule has 1 aromatic carbocycles. The highest BCUT2D eigenvalue weighted by atomic mass is 32.2. The van der Waals surface area contributed by atoms with Gasteiger partial charge in [-0.25, -0.2) is 18.4 Å². The van der Waals surface area contributed by atoms with Crippen molar-refractivity contribution in [3.8, 4) is 0 Å². The van der Waals surface area contributed by atoms with Crippen molar-refractivity contribution in [2.75, 3.05) is 55.0 Å². The van der Waals surface area contributed by atoms with Crippen molar-refractivity contribution in [1.29, 1.82) is 0 Å². The quantitative estimate of drug-likeness (QED) is 0.367. The van der Waals surface area contributed by atoms with E-state index < -0.39 is 10.0 Å². The Balaban J connectivity index is 1.32. The van der Waals surface area contributed by atoms with Gasteiger partial charge in [-0.05, 0) is 63.3 Å². The molecule has 0 spiro atoms. The Morgan fingerprint density at radius 1 is 1.03 bits per heavy atom. The third-order valence-corrected chi connectivity index (χ3v) is 8.36. The molecule has 10 nitrogen and oxygen atoms in total. The maximum absolute atomic E-state index is 12.1. The molecule has 0 bridgehead atoms. The number of anilines is 4. The maximum atomic E-state index is 12.1. The minimum atomic E-state index is -3.44. The number of aromatic nitrogens is 4. The summed E-state index contributed by atoms with van der Waals surface area (Å²) in [4.78, 5) is 18.3. The van der Waals surface area contributed by atoms with Gasteiger partial charge in [0.25, 0.3) is 0 Å². The summed E-state index contributed by atoms with van der Waals surface area (Å²) in [6.45, 7) is 2.54. The molecule has 1 aliphatic rings. The zero-order valence-electron chi connectivity index (χ0n) is 22.2. The molecule has 0 amide bonds. The summed E-state index contributed by atoms with van der Waals surface area (Å²) in [7, 11) is 2.39. The van der Waals surface area contributed by atoms with Crippen LogP contribution in [0.5, 0.6) is 0 Å². The third kappa shape index (κ3) is 5.58. The largest absolute Gasteiger partial charge is 0.371 e. The van der Waals surface area contributed by atoms with E-state index >= 15 is 0 Å². The van der Waals surface area contributed by atoms with Crippen LogP contribution in [0.3, 0.4) is 0 Å². The van der Waals surface area contributed by atoms with Crippen LogP contribution in [-0.2, 0) is 16.6 Å². The molecular formula is C27H34N8O2S. The van der Waals surface area contributed by atoms with Crippen LogP contribution in [0.2, 0.25) is 0 Å². The number of nitrogens with zero attached hydrogens (tertiary/aromatic N) is 7. The van der Waals surface area contributed by atoms with Gasteiger partial charge in [-0.2, -0.15) is 4.98 Å². The molecule has 1 fully saturated rings. The molecule has 0 atom stereocenters. The number of piperidine rings is 1. The Morgan fingerprint density at radius 2 is 1.76 bits per heavy atom. The van der Waals surface area contributed by atoms with Gasteiger partial charge in [0.2, 0.25) is 16.0 Å². The lowest BCUT2D eigenvalue weighted by molar-refractivity contribution is 0.249. The van der Waals surface area contributed by atoms with E-state index in [-0.39, 0.29) is 0 Å². The lowest BCUT2D eigenvalue weighted by atomic mass is 10.0. The Labute approximate surface area is 224 Å². The first-order valence-electron chi connectivity index (χ1n) is 12.7. The van der Waals surface area contributed by atoms with E-state index in [1.807, 2.05) is 22.9 Å². The molecule has 4 aromatic rings. The second kappa shape index (κ2) is 10.6. The summed E-state index contributed by atoms with van der Waals surface area (Å²) in [5, 5.41) is 4.22. The van der Waals surface area contributed by atoms with Gasteiger partial charge in [-0.3, -0.25) is 4.31 Å². The summed E-state index contributed by atoms with van der Waals surface area (Å²) in [6.07, 6.45) is 8.82. The second-order valence-electron chi connectivity index (χ2n) is 9.99. The number of hydrogen-bond donors (Lipinski definition) is 1. The van der Waals surface area contributed by atoms with Crippen molar-refractivity contribution >= 4 is 44.2 Å². The predicted octanol–water partition coefficient (Wildman–Crippen LogP) is 3.54. The van der Waals surface area contributed by atoms with Gasteiger partial charge in [0.05, 0.1) is 12.8 Å². The molecule has 0 radical (unpaired) electrons. The summed E-state index contributed by atoms with van der Waals surface area (Å²) in [5.41, 5.74) is 3.67. The molecule has 4 heterocycles. The smallest absolute Gasteiger partial charge is 0.233 e. The van der Waals surface area contributed by atoms with E-state index in [1.165, 1.54) is 36.1 Å². The van der Waals surface area contributed by atoms with Gasteiger partial charge >= 0.3 is 0 Å². The predicted molar refractivity (Wildman–Crippen MR) is 153 cm³/mol. The van der Waals surface area contributed by atoms with Crippen molar-refractivity contribution in [3.63, 3.8) is 0 Å². The number of rotatable bonds is 8. The van der Waals surface area contributed by atoms with Gasteiger partial charge in [-0.15, -0.1) is 0 Å². The Bertz CT molecular complexity index is 1510. The lowest BCUT2D eigenvalue weighted by Crippen LogP contribution is -2.41. The molecule has 0 saturated carbocycles. The van der Waals surface area contributed by atoms with Gasteiger partial charge in [0.15, 0.2) is 0 Å². The van der Waals surface area contributed by atoms with Crippen LogP contribution in [0, 0.1) is 0 Å². The number of benzene rings is 1. The van der Waals surface area contributed by atoms with Gasteiger partial charge in [0.1, 0.15) is 11.5 Å². The fraction of sp³-hybridized carbons (Fsp3) is 0.370. The number of hydrogen-bond acceptors (Lipinski definition) is 8. The number of nitrogens with one attached hydrogen (secondary N) is 1. The Kier molecular flexibility index (Phi) is 7.22. The van der Waals surface area contributed by atoms with Crippen LogP contribution < -0.4 is 14.5 Å². The topological polar surface area (TPSA) is 99.5 Å². The standard InChI is InChI=1S/C27H34N8O2S/c1-32(2)23-12-16-34(17-13-23)24-9-7-22(8-10-24)30-27-29-18-20-11-15-35(26(20)31-27)19-21-6-5-14-28-25(21)33(3)38(4,36)37/h5-11,14-15,18,23H,12-13,16-17,19H2,1-4H3,(H,29,30,31). The van der Waals surface area contributed by atoms with Crippen LogP contribution in [0.15, 0.2) is 61.1 Å². The average Bonchev–Trinajstić information content (AvgIpc) is 3.30. The second-order valence-corrected chi connectivity index (χ2v) is 12.0. The van der Waals surface area contributed by atoms with E-state index in [0.29, 0.717) is 24.4 Å². The zero-order chi connectivity index (χ0) is 26.9. The molecule has 200 valence electrons. The summed E-state index contributed by atoms with van der Waals surface area (Å²) >= 11 is 0. The molecule has 38 heavy (non-hydrogen) atoms. The minimum Gasteiger partial charge on any atom is -0.371 e. The fourth-order valence-electron chi connectivity index (χ4n) is 4.86. The van der Waals surface area contributed by atoms with Gasteiger partial charge in [0, 0.05) is 67.1 Å². The van der Waals surface area contributed by atoms with Crippen molar-refractivity contribution in [3.05, 3.63) is 66.6 Å². The molecule has 11 heteroatoms. The Hall–Kier alpha value is -3.70. The maximum Gasteiger partial charge on any atom is 0.233 e. The zero-order valence-corrected chi connectivity index (χ0v) is 23.1. The Morgan fingerprint density at radius 3 is 2.45 bits per heavy atom. The molecule has 0 aliphatic carbocycles. The molecular weight excluding hydrogens is 500 g/mol. The van der Waals surface area contributed by atoms with Crippen LogP contribution in [-0.4, -0.2) is 79.4 Å². The summed E-state index contributed by atoms with van der Waals surface area (Å²) in [6, 6.07) is 14.7. The highest BCUT2D eigenvalue weighted by Gasteiger charge is 2.21. The molecule has 1 N–H and O–H groups in total. The average molecular weight is 535 g/mol. The van der Waals surface area contributed by atoms with Crippen LogP contribution in [0.4, 0.5) is 23.1 Å². The molecule has 0 unspecified atom stereocenters. The fourth-order valence-corrected chi connectivity index (χ4v) is 5.34.